The van der Waals surface area contributed by atoms with Crippen LogP contribution < -0.4 is 0 Å². The van der Waals surface area contributed by atoms with Crippen LogP contribution in [0.3, 0.4) is 0 Å². The van der Waals surface area contributed by atoms with E-state index in [4.69, 9.17) is 15.0 Å². The minimum absolute atomic E-state index is 0.0657. The first kappa shape index (κ1) is 51.8. The molecule has 0 radical (unpaired) electrons. The number of aromatic nitrogens is 5. The lowest BCUT2D eigenvalue weighted by atomic mass is 9.85. The molecule has 80 heavy (non-hydrogen) atoms. The molecule has 6 nitrogen and oxygen atoms in total. The summed E-state index contributed by atoms with van der Waals surface area (Å²) < 4.78 is 4.95. The molecular weight excluding hydrogens is 973 g/mol. The van der Waals surface area contributed by atoms with Crippen molar-refractivity contribution in [2.45, 2.75) is 105 Å². The molecule has 0 atom stereocenters. The highest BCUT2D eigenvalue weighted by molar-refractivity contribution is 6.12. The second kappa shape index (κ2) is 19.2. The molecule has 0 fully saturated rings. The Morgan fingerprint density at radius 3 is 1.00 bits per heavy atom. The standard InChI is InChI=1S/C74H68N6/c1-71(2,3)52-28-34-64-58(41-52)59-42-53(72(4,5)6)29-35-65(59)79(64)62-32-26-50(49-25-19-20-46(38-49)45-75)39-56(62)57-40-51(70-77-68(47-21-15-13-16-22-47)76-69(78-70)48-23-17-14-18-24-48)27-33-63(57)80-66-36-30-54(73(7,8)9)43-60(66)61-44-55(74(10,11)12)31-37-67(61)80/h13-44H,1-12H3. The van der Waals surface area contributed by atoms with Gasteiger partial charge in [0.05, 0.1) is 45.1 Å². The monoisotopic (exact) mass is 1040 g/mol. The van der Waals surface area contributed by atoms with Crippen molar-refractivity contribution in [3.8, 4) is 73.9 Å². The topological polar surface area (TPSA) is 72.3 Å². The lowest BCUT2D eigenvalue weighted by Gasteiger charge is -2.22. The first-order valence-corrected chi connectivity index (χ1v) is 28.0. The van der Waals surface area contributed by atoms with E-state index in [0.29, 0.717) is 23.0 Å². The van der Waals surface area contributed by atoms with Gasteiger partial charge in [-0.25, -0.2) is 15.0 Å². The number of hydrogen-bond acceptors (Lipinski definition) is 4. The summed E-state index contributed by atoms with van der Waals surface area (Å²) in [6.07, 6.45) is 0. The lowest BCUT2D eigenvalue weighted by molar-refractivity contribution is 0.590. The Hall–Kier alpha value is -8.92. The summed E-state index contributed by atoms with van der Waals surface area (Å²) in [6.45, 7) is 27.5. The Morgan fingerprint density at radius 2 is 0.637 bits per heavy atom. The molecule has 3 heterocycles. The van der Waals surface area contributed by atoms with Gasteiger partial charge in [0, 0.05) is 49.4 Å². The van der Waals surface area contributed by atoms with Crippen LogP contribution in [0.1, 0.15) is 111 Å². The third-order valence-corrected chi connectivity index (χ3v) is 16.0. The van der Waals surface area contributed by atoms with Crippen LogP contribution in [-0.2, 0) is 21.7 Å². The Morgan fingerprint density at radius 1 is 0.312 bits per heavy atom. The minimum atomic E-state index is -0.0688. The molecule has 394 valence electrons. The van der Waals surface area contributed by atoms with Gasteiger partial charge in [0.2, 0.25) is 0 Å². The number of fused-ring (bicyclic) bond motifs is 6. The summed E-state index contributed by atoms with van der Waals surface area (Å²) >= 11 is 0. The summed E-state index contributed by atoms with van der Waals surface area (Å²) in [5.41, 5.74) is 18.6. The van der Waals surface area contributed by atoms with E-state index in [-0.39, 0.29) is 21.7 Å². The molecule has 0 aliphatic rings. The molecule has 6 heteroatoms. The predicted molar refractivity (Wildman–Crippen MR) is 335 cm³/mol. The van der Waals surface area contributed by atoms with Gasteiger partial charge in [-0.1, -0.05) is 186 Å². The predicted octanol–water partition coefficient (Wildman–Crippen LogP) is 19.5. The summed E-state index contributed by atoms with van der Waals surface area (Å²) in [5.74, 6) is 1.76. The zero-order valence-corrected chi connectivity index (χ0v) is 48.2. The van der Waals surface area contributed by atoms with E-state index >= 15 is 0 Å². The van der Waals surface area contributed by atoms with Crippen LogP contribution >= 0.6 is 0 Å². The highest BCUT2D eigenvalue weighted by Gasteiger charge is 2.27. The maximum atomic E-state index is 10.2. The molecule has 0 bridgehead atoms. The molecular formula is C74H68N6. The van der Waals surface area contributed by atoms with Crippen molar-refractivity contribution in [2.75, 3.05) is 0 Å². The summed E-state index contributed by atoms with van der Waals surface area (Å²) in [7, 11) is 0. The zero-order valence-electron chi connectivity index (χ0n) is 48.2. The maximum Gasteiger partial charge on any atom is 0.164 e. The summed E-state index contributed by atoms with van der Waals surface area (Å²) in [6, 6.07) is 72.5. The van der Waals surface area contributed by atoms with Crippen molar-refractivity contribution >= 4 is 43.6 Å². The normalized spacial score (nSPS) is 12.5. The highest BCUT2D eigenvalue weighted by Crippen LogP contribution is 2.46. The highest BCUT2D eigenvalue weighted by atomic mass is 15.0. The smallest absolute Gasteiger partial charge is 0.164 e. The van der Waals surface area contributed by atoms with Crippen molar-refractivity contribution in [2.24, 2.45) is 0 Å². The Kier molecular flexibility index (Phi) is 12.4. The molecule has 0 aliphatic carbocycles. The molecule has 0 aliphatic heterocycles. The van der Waals surface area contributed by atoms with E-state index in [1.54, 1.807) is 0 Å². The first-order chi connectivity index (χ1) is 38.1. The van der Waals surface area contributed by atoms with E-state index in [0.717, 1.165) is 72.4 Å². The number of hydrogen-bond donors (Lipinski definition) is 0. The van der Waals surface area contributed by atoms with Crippen molar-refractivity contribution in [3.63, 3.8) is 0 Å². The summed E-state index contributed by atoms with van der Waals surface area (Å²) in [5, 5.41) is 15.1. The van der Waals surface area contributed by atoms with Crippen molar-refractivity contribution in [3.05, 3.63) is 222 Å². The number of benzene rings is 9. The minimum Gasteiger partial charge on any atom is -0.309 e. The van der Waals surface area contributed by atoms with E-state index in [1.807, 2.05) is 54.6 Å². The SMILES string of the molecule is CC(C)(C)c1ccc2c(c1)c1cc(C(C)(C)C)ccc1n2-c1ccc(-c2cccc(C#N)c2)cc1-c1cc(-c2nc(-c3ccccc3)nc(-c3ccccc3)n2)ccc1-n1c2ccc(C(C)(C)C)cc2c2cc(C(C)(C)C)ccc21. The number of rotatable bonds is 7. The average Bonchev–Trinajstić information content (AvgIpc) is 3.38. The van der Waals surface area contributed by atoms with Crippen LogP contribution in [0.4, 0.5) is 0 Å². The van der Waals surface area contributed by atoms with E-state index in [9.17, 15) is 5.26 Å². The number of nitrogens with zero attached hydrogens (tertiary/aromatic N) is 6. The fraction of sp³-hybridized carbons (Fsp3) is 0.216. The molecule has 0 saturated heterocycles. The lowest BCUT2D eigenvalue weighted by Crippen LogP contribution is -2.10. The molecule has 0 unspecified atom stereocenters. The average molecular weight is 1040 g/mol. The molecule has 9 aromatic carbocycles. The maximum absolute atomic E-state index is 10.2. The van der Waals surface area contributed by atoms with E-state index < -0.39 is 0 Å². The third-order valence-electron chi connectivity index (χ3n) is 16.0. The third kappa shape index (κ3) is 9.35. The van der Waals surface area contributed by atoms with Crippen molar-refractivity contribution in [1.29, 1.82) is 5.26 Å². The van der Waals surface area contributed by atoms with Crippen molar-refractivity contribution < 1.29 is 0 Å². The fourth-order valence-corrected chi connectivity index (χ4v) is 11.3. The van der Waals surface area contributed by atoms with Gasteiger partial charge in [0.25, 0.3) is 0 Å². The van der Waals surface area contributed by atoms with Gasteiger partial charge in [-0.3, -0.25) is 0 Å². The van der Waals surface area contributed by atoms with Gasteiger partial charge in [-0.05, 0) is 146 Å². The van der Waals surface area contributed by atoms with E-state index in [1.165, 1.54) is 43.8 Å². The van der Waals surface area contributed by atoms with Crippen LogP contribution in [0, 0.1) is 11.3 Å². The fourth-order valence-electron chi connectivity index (χ4n) is 11.3. The number of nitriles is 1. The molecule has 0 saturated carbocycles. The molecule has 0 amide bonds. The Bertz CT molecular complexity index is 4240. The van der Waals surface area contributed by atoms with Gasteiger partial charge < -0.3 is 9.13 Å². The molecule has 0 N–H and O–H groups in total. The molecule has 12 aromatic rings. The van der Waals surface area contributed by atoms with Gasteiger partial charge in [0.15, 0.2) is 17.5 Å². The van der Waals surface area contributed by atoms with Crippen molar-refractivity contribution in [1.82, 2.24) is 24.1 Å². The van der Waals surface area contributed by atoms with Gasteiger partial charge in [-0.2, -0.15) is 5.26 Å². The second-order valence-electron chi connectivity index (χ2n) is 25.8. The summed E-state index contributed by atoms with van der Waals surface area (Å²) in [4.78, 5) is 15.8. The van der Waals surface area contributed by atoms with Gasteiger partial charge >= 0.3 is 0 Å². The second-order valence-corrected chi connectivity index (χ2v) is 25.8. The first-order valence-electron chi connectivity index (χ1n) is 28.0. The largest absolute Gasteiger partial charge is 0.309 e. The van der Waals surface area contributed by atoms with Crippen LogP contribution in [0.2, 0.25) is 0 Å². The molecule has 12 rings (SSSR count). The van der Waals surface area contributed by atoms with Gasteiger partial charge in [0.1, 0.15) is 0 Å². The van der Waals surface area contributed by atoms with Gasteiger partial charge in [-0.15, -0.1) is 0 Å². The van der Waals surface area contributed by atoms with E-state index in [2.05, 4.69) is 238 Å². The van der Waals surface area contributed by atoms with Crippen LogP contribution in [0.25, 0.3) is 111 Å². The Labute approximate surface area is 471 Å². The zero-order chi connectivity index (χ0) is 56.0. The Balaban J connectivity index is 1.24. The quantitative estimate of drug-likeness (QED) is 0.159. The molecule has 0 spiro atoms. The van der Waals surface area contributed by atoms with Crippen LogP contribution in [0.15, 0.2) is 194 Å². The molecule has 3 aromatic heterocycles. The van der Waals surface area contributed by atoms with Crippen LogP contribution in [-0.4, -0.2) is 24.1 Å². The van der Waals surface area contributed by atoms with Crippen LogP contribution in [0.5, 0.6) is 0 Å².